The van der Waals surface area contributed by atoms with Crippen molar-refractivity contribution in [1.82, 2.24) is 4.98 Å². The van der Waals surface area contributed by atoms with Crippen LogP contribution in [0, 0.1) is 0 Å². The van der Waals surface area contributed by atoms with E-state index < -0.39 is 12.6 Å². The Morgan fingerprint density at radius 1 is 1.80 bits per heavy atom. The van der Waals surface area contributed by atoms with Gasteiger partial charge in [-0.2, -0.15) is 0 Å². The molecular weight excluding hydrogens is 222 g/mol. The molecule has 0 aliphatic heterocycles. The SMILES string of the molecule is Nc1nc(C(C=O)=NOCC(=O)O)cs1. The number of aromatic nitrogens is 1. The Morgan fingerprint density at radius 3 is 3.00 bits per heavy atom. The van der Waals surface area contributed by atoms with Crippen molar-refractivity contribution < 1.29 is 19.5 Å². The standard InChI is InChI=1S/C7H7N3O4S/c8-7-9-5(3-15-7)4(1-11)10-14-2-6(12)13/h1,3H,2H2,(H2,8,9)(H,12,13). The first kappa shape index (κ1) is 11.1. The summed E-state index contributed by atoms with van der Waals surface area (Å²) in [5.41, 5.74) is 5.52. The maximum atomic E-state index is 10.6. The smallest absolute Gasteiger partial charge is 0.344 e. The van der Waals surface area contributed by atoms with Gasteiger partial charge in [-0.15, -0.1) is 11.3 Å². The van der Waals surface area contributed by atoms with Gasteiger partial charge < -0.3 is 15.7 Å². The van der Waals surface area contributed by atoms with Crippen LogP contribution in [0.5, 0.6) is 0 Å². The molecule has 1 heterocycles. The number of rotatable bonds is 5. The van der Waals surface area contributed by atoms with E-state index >= 15 is 0 Å². The molecule has 0 saturated carbocycles. The van der Waals surface area contributed by atoms with Crippen molar-refractivity contribution in [3.63, 3.8) is 0 Å². The average molecular weight is 229 g/mol. The van der Waals surface area contributed by atoms with E-state index in [9.17, 15) is 9.59 Å². The summed E-state index contributed by atoms with van der Waals surface area (Å²) in [7, 11) is 0. The summed E-state index contributed by atoms with van der Waals surface area (Å²) in [6.07, 6.45) is 0.413. The summed E-state index contributed by atoms with van der Waals surface area (Å²) in [5, 5.41) is 13.4. The highest BCUT2D eigenvalue weighted by atomic mass is 32.1. The lowest BCUT2D eigenvalue weighted by atomic mass is 10.3. The second-order valence-electron chi connectivity index (χ2n) is 2.33. The first-order chi connectivity index (χ1) is 7.13. The summed E-state index contributed by atoms with van der Waals surface area (Å²) in [4.78, 5) is 28.8. The van der Waals surface area contributed by atoms with E-state index in [1.807, 2.05) is 0 Å². The first-order valence-corrected chi connectivity index (χ1v) is 4.59. The molecule has 3 N–H and O–H groups in total. The largest absolute Gasteiger partial charge is 0.479 e. The predicted octanol–water partition coefficient (Wildman–Crippen LogP) is -0.271. The van der Waals surface area contributed by atoms with Crippen LogP contribution in [-0.2, 0) is 14.4 Å². The quantitative estimate of drug-likeness (QED) is 0.408. The van der Waals surface area contributed by atoms with Gasteiger partial charge in [0.25, 0.3) is 0 Å². The highest BCUT2D eigenvalue weighted by Crippen LogP contribution is 2.11. The molecule has 80 valence electrons. The maximum absolute atomic E-state index is 10.6. The minimum absolute atomic E-state index is 0.0933. The number of carbonyl (C=O) groups excluding carboxylic acids is 1. The Balaban J connectivity index is 2.71. The third kappa shape index (κ3) is 3.35. The number of aldehydes is 1. The topological polar surface area (TPSA) is 115 Å². The van der Waals surface area contributed by atoms with Crippen LogP contribution >= 0.6 is 11.3 Å². The molecule has 0 aromatic carbocycles. The van der Waals surface area contributed by atoms with Crippen molar-refractivity contribution in [3.05, 3.63) is 11.1 Å². The Morgan fingerprint density at radius 2 is 2.53 bits per heavy atom. The van der Waals surface area contributed by atoms with E-state index in [1.54, 1.807) is 0 Å². The lowest BCUT2D eigenvalue weighted by Crippen LogP contribution is -2.08. The number of carboxylic acid groups (broad SMARTS) is 1. The third-order valence-electron chi connectivity index (χ3n) is 1.25. The van der Waals surface area contributed by atoms with E-state index in [0.29, 0.717) is 6.29 Å². The van der Waals surface area contributed by atoms with Gasteiger partial charge in [0.15, 0.2) is 17.1 Å². The van der Waals surface area contributed by atoms with Gasteiger partial charge in [0.2, 0.25) is 6.61 Å². The fourth-order valence-corrected chi connectivity index (χ4v) is 1.25. The highest BCUT2D eigenvalue weighted by Gasteiger charge is 2.07. The van der Waals surface area contributed by atoms with Gasteiger partial charge in [0.05, 0.1) is 0 Å². The number of nitrogens with zero attached hydrogens (tertiary/aromatic N) is 2. The van der Waals surface area contributed by atoms with E-state index in [4.69, 9.17) is 10.8 Å². The molecule has 8 heteroatoms. The van der Waals surface area contributed by atoms with Crippen LogP contribution in [0.2, 0.25) is 0 Å². The number of oxime groups is 1. The number of carbonyl (C=O) groups is 2. The lowest BCUT2D eigenvalue weighted by Gasteiger charge is -1.95. The van der Waals surface area contributed by atoms with Crippen LogP contribution in [0.15, 0.2) is 10.5 Å². The Labute approximate surface area is 88.2 Å². The molecular formula is C7H7N3O4S. The molecule has 1 rings (SSSR count). The fourth-order valence-electron chi connectivity index (χ4n) is 0.691. The number of hydrogen-bond acceptors (Lipinski definition) is 7. The van der Waals surface area contributed by atoms with E-state index in [-0.39, 0.29) is 16.5 Å². The number of carboxylic acids is 1. The van der Waals surface area contributed by atoms with E-state index in [1.165, 1.54) is 5.38 Å². The molecule has 0 aliphatic carbocycles. The van der Waals surface area contributed by atoms with Crippen LogP contribution in [0.4, 0.5) is 5.13 Å². The molecule has 0 saturated heterocycles. The predicted molar refractivity (Wildman–Crippen MR) is 52.7 cm³/mol. The second-order valence-corrected chi connectivity index (χ2v) is 3.22. The van der Waals surface area contributed by atoms with Gasteiger partial charge in [-0.1, -0.05) is 5.16 Å². The van der Waals surface area contributed by atoms with E-state index in [0.717, 1.165) is 11.3 Å². The molecule has 0 fully saturated rings. The van der Waals surface area contributed by atoms with Crippen molar-refractivity contribution in [2.24, 2.45) is 5.16 Å². The monoisotopic (exact) mass is 229 g/mol. The van der Waals surface area contributed by atoms with Crippen LogP contribution in [-0.4, -0.2) is 34.7 Å². The Kier molecular flexibility index (Phi) is 3.75. The van der Waals surface area contributed by atoms with E-state index in [2.05, 4.69) is 15.0 Å². The number of thiazole rings is 1. The van der Waals surface area contributed by atoms with Crippen LogP contribution in [0.1, 0.15) is 5.69 Å². The molecule has 1 aromatic rings. The molecule has 0 unspecified atom stereocenters. The second kappa shape index (κ2) is 5.05. The normalized spacial score (nSPS) is 11.1. The van der Waals surface area contributed by atoms with Gasteiger partial charge in [0, 0.05) is 5.38 Å². The van der Waals surface area contributed by atoms with Crippen molar-refractivity contribution in [2.45, 2.75) is 0 Å². The minimum atomic E-state index is -1.18. The van der Waals surface area contributed by atoms with Gasteiger partial charge in [-0.3, -0.25) is 4.79 Å². The van der Waals surface area contributed by atoms with Crippen LogP contribution < -0.4 is 5.73 Å². The number of nitrogen functional groups attached to an aromatic ring is 1. The Bertz CT molecular complexity index is 401. The zero-order valence-corrected chi connectivity index (χ0v) is 8.23. The highest BCUT2D eigenvalue weighted by molar-refractivity contribution is 7.13. The fraction of sp³-hybridized carbons (Fsp3) is 0.143. The molecule has 0 aliphatic rings. The molecule has 1 aromatic heterocycles. The lowest BCUT2D eigenvalue weighted by molar-refractivity contribution is -0.142. The molecule has 0 bridgehead atoms. The minimum Gasteiger partial charge on any atom is -0.479 e. The number of aliphatic carboxylic acids is 1. The summed E-state index contributed by atoms with van der Waals surface area (Å²) in [6, 6.07) is 0. The summed E-state index contributed by atoms with van der Waals surface area (Å²) in [6.45, 7) is -0.614. The van der Waals surface area contributed by atoms with Gasteiger partial charge in [-0.05, 0) is 0 Å². The maximum Gasteiger partial charge on any atom is 0.344 e. The van der Waals surface area contributed by atoms with Crippen molar-refractivity contribution in [1.29, 1.82) is 0 Å². The number of hydrogen-bond donors (Lipinski definition) is 2. The zero-order valence-electron chi connectivity index (χ0n) is 7.41. The Hall–Kier alpha value is -1.96. The summed E-state index contributed by atoms with van der Waals surface area (Å²) in [5.74, 6) is -1.18. The molecule has 0 amide bonds. The average Bonchev–Trinajstić information content (AvgIpc) is 2.59. The van der Waals surface area contributed by atoms with Gasteiger partial charge in [0.1, 0.15) is 5.69 Å². The first-order valence-electron chi connectivity index (χ1n) is 3.71. The summed E-state index contributed by atoms with van der Waals surface area (Å²) < 4.78 is 0. The van der Waals surface area contributed by atoms with Gasteiger partial charge >= 0.3 is 5.97 Å². The van der Waals surface area contributed by atoms with Gasteiger partial charge in [-0.25, -0.2) is 9.78 Å². The number of nitrogens with two attached hydrogens (primary N) is 1. The summed E-state index contributed by atoms with van der Waals surface area (Å²) >= 11 is 1.14. The number of anilines is 1. The third-order valence-corrected chi connectivity index (χ3v) is 1.92. The molecule has 0 radical (unpaired) electrons. The molecule has 0 atom stereocenters. The zero-order chi connectivity index (χ0) is 11.3. The van der Waals surface area contributed by atoms with Crippen LogP contribution in [0.25, 0.3) is 0 Å². The molecule has 7 nitrogen and oxygen atoms in total. The van der Waals surface area contributed by atoms with Crippen LogP contribution in [0.3, 0.4) is 0 Å². The van der Waals surface area contributed by atoms with Crippen molar-refractivity contribution >= 4 is 34.4 Å². The van der Waals surface area contributed by atoms with Crippen molar-refractivity contribution in [2.75, 3.05) is 12.3 Å². The molecule has 15 heavy (non-hydrogen) atoms. The van der Waals surface area contributed by atoms with Crippen molar-refractivity contribution in [3.8, 4) is 0 Å². The molecule has 0 spiro atoms.